The molecule has 0 spiro atoms. The van der Waals surface area contributed by atoms with Crippen LogP contribution in [0.5, 0.6) is 0 Å². The number of hydrogen-bond acceptors (Lipinski definition) is 3. The minimum Gasteiger partial charge on any atom is -0.288 e. The van der Waals surface area contributed by atoms with Crippen LogP contribution in [0.1, 0.15) is 5.56 Å². The van der Waals surface area contributed by atoms with Gasteiger partial charge in [-0.25, -0.2) is 18.1 Å². The lowest BCUT2D eigenvalue weighted by Crippen LogP contribution is -2.39. The van der Waals surface area contributed by atoms with Crippen molar-refractivity contribution < 1.29 is 8.78 Å². The van der Waals surface area contributed by atoms with Crippen LogP contribution in [0.25, 0.3) is 15.9 Å². The van der Waals surface area contributed by atoms with E-state index in [0.29, 0.717) is 20.7 Å². The van der Waals surface area contributed by atoms with Crippen molar-refractivity contribution in [2.24, 2.45) is 0 Å². The average Bonchev–Trinajstić information content (AvgIpc) is 3.13. The number of fused-ring (bicyclic) bond motifs is 1. The van der Waals surface area contributed by atoms with Crippen LogP contribution in [0.15, 0.2) is 63.5 Å². The molecule has 0 atom stereocenters. The monoisotopic (exact) mass is 404 g/mol. The Kier molecular flexibility index (Phi) is 4.41. The number of hydrogen-bond donors (Lipinski definition) is 0. The highest BCUT2D eigenvalue weighted by atomic mass is 35.5. The molecule has 0 saturated carbocycles. The minimum atomic E-state index is -0.865. The van der Waals surface area contributed by atoms with E-state index in [2.05, 4.69) is 0 Å². The van der Waals surface area contributed by atoms with Crippen molar-refractivity contribution in [1.29, 1.82) is 0 Å². The van der Waals surface area contributed by atoms with Crippen LogP contribution < -0.4 is 11.2 Å². The maximum atomic E-state index is 14.3. The van der Waals surface area contributed by atoms with E-state index >= 15 is 0 Å². The topological polar surface area (TPSA) is 44.0 Å². The summed E-state index contributed by atoms with van der Waals surface area (Å²) < 4.78 is 30.2. The zero-order chi connectivity index (χ0) is 19.1. The Hall–Kier alpha value is -2.77. The highest BCUT2D eigenvalue weighted by Gasteiger charge is 2.19. The molecule has 2 aromatic carbocycles. The minimum absolute atomic E-state index is 0.0863. The van der Waals surface area contributed by atoms with Crippen LogP contribution in [0.3, 0.4) is 0 Å². The molecule has 0 unspecified atom stereocenters. The smallest absolute Gasteiger partial charge is 0.288 e. The van der Waals surface area contributed by atoms with E-state index in [0.717, 1.165) is 29.5 Å². The number of aromatic nitrogens is 2. The quantitative estimate of drug-likeness (QED) is 0.514. The van der Waals surface area contributed by atoms with E-state index in [1.807, 2.05) is 0 Å². The number of thiophene rings is 1. The summed E-state index contributed by atoms with van der Waals surface area (Å²) in [4.78, 5) is 25.9. The van der Waals surface area contributed by atoms with Gasteiger partial charge in [0.1, 0.15) is 16.3 Å². The fourth-order valence-electron chi connectivity index (χ4n) is 2.91. The van der Waals surface area contributed by atoms with Gasteiger partial charge in [0.2, 0.25) is 0 Å². The Morgan fingerprint density at radius 1 is 1.04 bits per heavy atom. The van der Waals surface area contributed by atoms with Gasteiger partial charge in [-0.15, -0.1) is 11.3 Å². The van der Waals surface area contributed by atoms with Gasteiger partial charge < -0.3 is 0 Å². The van der Waals surface area contributed by atoms with Crippen LogP contribution >= 0.6 is 22.9 Å². The standard InChI is InChI=1S/C19H11ClF2N2O2S/c20-13-4-2-1-3-11(13)10-23-15-7-8-27-17(15)18(25)24(19(23)26)16-9-12(21)5-6-14(16)22/h1-9H,10H2. The fourth-order valence-corrected chi connectivity index (χ4v) is 3.93. The molecule has 0 aliphatic heterocycles. The van der Waals surface area contributed by atoms with E-state index in [1.54, 1.807) is 35.7 Å². The SMILES string of the molecule is O=c1c2sccc2n(Cc2ccccc2Cl)c(=O)n1-c1cc(F)ccc1F. The molecular formula is C19H11ClF2N2O2S. The zero-order valence-electron chi connectivity index (χ0n) is 13.7. The second kappa shape index (κ2) is 6.75. The van der Waals surface area contributed by atoms with Crippen LogP contribution in [0.2, 0.25) is 5.02 Å². The van der Waals surface area contributed by atoms with Crippen molar-refractivity contribution in [3.63, 3.8) is 0 Å². The van der Waals surface area contributed by atoms with Crippen LogP contribution in [-0.4, -0.2) is 9.13 Å². The molecule has 0 aliphatic carbocycles. The van der Waals surface area contributed by atoms with E-state index in [4.69, 9.17) is 11.6 Å². The Morgan fingerprint density at radius 2 is 1.81 bits per heavy atom. The maximum Gasteiger partial charge on any atom is 0.336 e. The van der Waals surface area contributed by atoms with Gasteiger partial charge in [0.15, 0.2) is 0 Å². The molecule has 0 saturated heterocycles. The molecular weight excluding hydrogens is 394 g/mol. The summed E-state index contributed by atoms with van der Waals surface area (Å²) >= 11 is 7.32. The fraction of sp³-hybridized carbons (Fsp3) is 0.0526. The van der Waals surface area contributed by atoms with Crippen molar-refractivity contribution in [3.8, 4) is 5.69 Å². The summed E-state index contributed by atoms with van der Waals surface area (Å²) in [6, 6.07) is 11.3. The summed E-state index contributed by atoms with van der Waals surface area (Å²) in [6.45, 7) is 0.0863. The second-order valence-electron chi connectivity index (χ2n) is 5.83. The van der Waals surface area contributed by atoms with Crippen molar-refractivity contribution in [2.75, 3.05) is 0 Å². The largest absolute Gasteiger partial charge is 0.336 e. The Bertz CT molecular complexity index is 1290. The molecule has 2 heterocycles. The van der Waals surface area contributed by atoms with Crippen molar-refractivity contribution in [1.82, 2.24) is 9.13 Å². The first-order valence-electron chi connectivity index (χ1n) is 7.89. The van der Waals surface area contributed by atoms with Crippen molar-refractivity contribution in [2.45, 2.75) is 6.54 Å². The summed E-state index contributed by atoms with van der Waals surface area (Å²) in [5.74, 6) is -1.61. The first-order valence-corrected chi connectivity index (χ1v) is 9.15. The first kappa shape index (κ1) is 17.6. The van der Waals surface area contributed by atoms with Gasteiger partial charge in [0.05, 0.1) is 17.7 Å². The van der Waals surface area contributed by atoms with Gasteiger partial charge in [-0.1, -0.05) is 29.8 Å². The Morgan fingerprint density at radius 3 is 2.59 bits per heavy atom. The molecule has 0 aliphatic rings. The molecule has 0 fully saturated rings. The molecule has 0 bridgehead atoms. The molecule has 0 radical (unpaired) electrons. The molecule has 4 nitrogen and oxygen atoms in total. The third-order valence-electron chi connectivity index (χ3n) is 4.19. The van der Waals surface area contributed by atoms with Crippen molar-refractivity contribution in [3.05, 3.63) is 97.0 Å². The summed E-state index contributed by atoms with van der Waals surface area (Å²) in [5, 5.41) is 2.13. The number of nitrogens with zero attached hydrogens (tertiary/aromatic N) is 2. The predicted molar refractivity (Wildman–Crippen MR) is 102 cm³/mol. The molecule has 136 valence electrons. The normalized spacial score (nSPS) is 11.2. The molecule has 4 aromatic rings. The second-order valence-corrected chi connectivity index (χ2v) is 7.15. The maximum absolute atomic E-state index is 14.3. The third kappa shape index (κ3) is 2.98. The lowest BCUT2D eigenvalue weighted by Gasteiger charge is -2.13. The van der Waals surface area contributed by atoms with Gasteiger partial charge in [0, 0.05) is 11.1 Å². The lowest BCUT2D eigenvalue weighted by molar-refractivity contribution is 0.584. The van der Waals surface area contributed by atoms with Crippen molar-refractivity contribution >= 4 is 33.2 Å². The van der Waals surface area contributed by atoms with Crippen LogP contribution in [-0.2, 0) is 6.54 Å². The highest BCUT2D eigenvalue weighted by Crippen LogP contribution is 2.21. The number of halogens is 3. The molecule has 27 heavy (non-hydrogen) atoms. The van der Waals surface area contributed by atoms with Gasteiger partial charge in [0.25, 0.3) is 5.56 Å². The highest BCUT2D eigenvalue weighted by molar-refractivity contribution is 7.17. The Labute approximate surface area is 160 Å². The molecule has 4 rings (SSSR count). The number of benzene rings is 2. The van der Waals surface area contributed by atoms with Gasteiger partial charge in [-0.3, -0.25) is 9.36 Å². The average molecular weight is 405 g/mol. The van der Waals surface area contributed by atoms with Gasteiger partial charge >= 0.3 is 5.69 Å². The number of rotatable bonds is 3. The Balaban J connectivity index is 2.05. The van der Waals surface area contributed by atoms with Crippen LogP contribution in [0.4, 0.5) is 8.78 Å². The van der Waals surface area contributed by atoms with E-state index in [9.17, 15) is 18.4 Å². The van der Waals surface area contributed by atoms with Crippen LogP contribution in [0, 0.1) is 11.6 Å². The molecule has 8 heteroatoms. The predicted octanol–water partition coefficient (Wildman–Crippen LogP) is 4.19. The summed E-state index contributed by atoms with van der Waals surface area (Å²) in [5.41, 5.74) is -0.796. The van der Waals surface area contributed by atoms with E-state index in [1.165, 1.54) is 4.57 Å². The van der Waals surface area contributed by atoms with E-state index in [-0.39, 0.29) is 11.2 Å². The summed E-state index contributed by atoms with van der Waals surface area (Å²) in [6.07, 6.45) is 0. The molecule has 0 amide bonds. The third-order valence-corrected chi connectivity index (χ3v) is 5.45. The lowest BCUT2D eigenvalue weighted by atomic mass is 10.2. The summed E-state index contributed by atoms with van der Waals surface area (Å²) in [7, 11) is 0. The van der Waals surface area contributed by atoms with Gasteiger partial charge in [-0.05, 0) is 35.2 Å². The molecule has 0 N–H and O–H groups in total. The van der Waals surface area contributed by atoms with Gasteiger partial charge in [-0.2, -0.15) is 0 Å². The first-order chi connectivity index (χ1) is 13.0. The van der Waals surface area contributed by atoms with E-state index < -0.39 is 28.6 Å². The zero-order valence-corrected chi connectivity index (χ0v) is 15.2. The molecule has 2 aromatic heterocycles.